The quantitative estimate of drug-likeness (QED) is 0.830. The second kappa shape index (κ2) is 5.05. The van der Waals surface area contributed by atoms with Crippen molar-refractivity contribution in [2.24, 2.45) is 0 Å². The van der Waals surface area contributed by atoms with Crippen molar-refractivity contribution in [2.75, 3.05) is 0 Å². The third-order valence-electron chi connectivity index (χ3n) is 3.19. The molecule has 0 radical (unpaired) electrons. The van der Waals surface area contributed by atoms with Gasteiger partial charge in [-0.2, -0.15) is 0 Å². The van der Waals surface area contributed by atoms with Crippen LogP contribution in [0.2, 0.25) is 0 Å². The van der Waals surface area contributed by atoms with Crippen LogP contribution in [0.15, 0.2) is 48.5 Å². The predicted molar refractivity (Wildman–Crippen MR) is 72.1 cm³/mol. The molecule has 0 saturated carbocycles. The molecule has 92 valence electrons. The zero-order valence-electron chi connectivity index (χ0n) is 10.6. The highest BCUT2D eigenvalue weighted by Gasteiger charge is 2.09. The molecular formula is C16H16O2. The molecule has 0 saturated heterocycles. The first-order valence-corrected chi connectivity index (χ1v) is 5.98. The third kappa shape index (κ3) is 2.59. The molecule has 1 N–H and O–H groups in total. The van der Waals surface area contributed by atoms with Gasteiger partial charge in [-0.05, 0) is 30.2 Å². The topological polar surface area (TPSA) is 37.3 Å². The molecule has 2 rings (SSSR count). The summed E-state index contributed by atoms with van der Waals surface area (Å²) in [7, 11) is 0. The molecule has 0 amide bonds. The van der Waals surface area contributed by atoms with Gasteiger partial charge in [-0.3, -0.25) is 4.79 Å². The van der Waals surface area contributed by atoms with Crippen molar-refractivity contribution in [3.05, 3.63) is 65.2 Å². The van der Waals surface area contributed by atoms with Crippen LogP contribution in [0.4, 0.5) is 0 Å². The molecule has 18 heavy (non-hydrogen) atoms. The lowest BCUT2D eigenvalue weighted by Crippen LogP contribution is -1.97. The van der Waals surface area contributed by atoms with Gasteiger partial charge in [0.15, 0.2) is 5.78 Å². The van der Waals surface area contributed by atoms with E-state index in [-0.39, 0.29) is 17.5 Å². The van der Waals surface area contributed by atoms with E-state index < -0.39 is 0 Å². The van der Waals surface area contributed by atoms with Crippen LogP contribution in [-0.4, -0.2) is 10.9 Å². The summed E-state index contributed by atoms with van der Waals surface area (Å²) in [6.07, 6.45) is 0. The van der Waals surface area contributed by atoms with Crippen LogP contribution in [0.1, 0.15) is 41.3 Å². The Morgan fingerprint density at radius 3 is 2.28 bits per heavy atom. The Balaban J connectivity index is 2.28. The first kappa shape index (κ1) is 12.4. The molecule has 2 nitrogen and oxygen atoms in total. The molecule has 1 unspecified atom stereocenters. The van der Waals surface area contributed by atoms with Crippen LogP contribution in [0.3, 0.4) is 0 Å². The number of hydrogen-bond donors (Lipinski definition) is 1. The van der Waals surface area contributed by atoms with E-state index in [0.29, 0.717) is 0 Å². The molecule has 0 aliphatic rings. The molecule has 2 heteroatoms. The summed E-state index contributed by atoms with van der Waals surface area (Å²) in [5, 5.41) is 9.48. The summed E-state index contributed by atoms with van der Waals surface area (Å²) in [5.74, 6) is 0.546. The highest BCUT2D eigenvalue weighted by Crippen LogP contribution is 2.26. The van der Waals surface area contributed by atoms with Gasteiger partial charge in [0.1, 0.15) is 5.75 Å². The van der Waals surface area contributed by atoms with E-state index >= 15 is 0 Å². The first-order valence-electron chi connectivity index (χ1n) is 5.98. The van der Waals surface area contributed by atoms with Crippen LogP contribution >= 0.6 is 0 Å². The Labute approximate surface area is 107 Å². The van der Waals surface area contributed by atoms with E-state index in [4.69, 9.17) is 0 Å². The Morgan fingerprint density at radius 1 is 1.06 bits per heavy atom. The normalized spacial score (nSPS) is 12.1. The Morgan fingerprint density at radius 2 is 1.72 bits per heavy atom. The second-order valence-electron chi connectivity index (χ2n) is 4.49. The van der Waals surface area contributed by atoms with Crippen molar-refractivity contribution in [1.82, 2.24) is 0 Å². The van der Waals surface area contributed by atoms with Crippen molar-refractivity contribution >= 4 is 5.78 Å². The Kier molecular flexibility index (Phi) is 3.47. The van der Waals surface area contributed by atoms with Gasteiger partial charge < -0.3 is 5.11 Å². The van der Waals surface area contributed by atoms with E-state index in [2.05, 4.69) is 6.92 Å². The van der Waals surface area contributed by atoms with E-state index in [1.807, 2.05) is 36.4 Å². The summed E-state index contributed by atoms with van der Waals surface area (Å²) in [6, 6.07) is 14.9. The zero-order chi connectivity index (χ0) is 13.1. The molecule has 0 fully saturated rings. The Hall–Kier alpha value is -2.09. The monoisotopic (exact) mass is 240 g/mol. The van der Waals surface area contributed by atoms with Gasteiger partial charge in [0.25, 0.3) is 0 Å². The number of benzene rings is 2. The molecule has 2 aromatic carbocycles. The minimum atomic E-state index is 0.0755. The largest absolute Gasteiger partial charge is 0.508 e. The molecule has 0 aliphatic heterocycles. The van der Waals surface area contributed by atoms with Crippen molar-refractivity contribution in [2.45, 2.75) is 19.8 Å². The lowest BCUT2D eigenvalue weighted by Gasteiger charge is -2.13. The summed E-state index contributed by atoms with van der Waals surface area (Å²) < 4.78 is 0. The third-order valence-corrected chi connectivity index (χ3v) is 3.19. The average molecular weight is 240 g/mol. The maximum Gasteiger partial charge on any atom is 0.159 e. The number of aromatic hydroxyl groups is 1. The van der Waals surface area contributed by atoms with E-state index in [9.17, 15) is 9.90 Å². The standard InChI is InChI=1S/C16H16O2/c1-11(15-4-3-5-16(18)10-15)13-6-8-14(9-7-13)12(2)17/h3-11,18H,1-2H3. The van der Waals surface area contributed by atoms with Gasteiger partial charge in [0, 0.05) is 11.5 Å². The lowest BCUT2D eigenvalue weighted by atomic mass is 9.92. The molecule has 0 bridgehead atoms. The molecule has 0 aliphatic carbocycles. The smallest absolute Gasteiger partial charge is 0.159 e. The minimum absolute atomic E-state index is 0.0755. The predicted octanol–water partition coefficient (Wildman–Crippen LogP) is 3.75. The van der Waals surface area contributed by atoms with E-state index in [0.717, 1.165) is 16.7 Å². The lowest BCUT2D eigenvalue weighted by molar-refractivity contribution is 0.101. The fourth-order valence-electron chi connectivity index (χ4n) is 1.99. The zero-order valence-corrected chi connectivity index (χ0v) is 10.6. The van der Waals surface area contributed by atoms with Crippen molar-refractivity contribution in [3.63, 3.8) is 0 Å². The minimum Gasteiger partial charge on any atom is -0.508 e. The van der Waals surface area contributed by atoms with Crippen LogP contribution < -0.4 is 0 Å². The number of Topliss-reactive ketones (excluding diaryl/α,β-unsaturated/α-hetero) is 1. The van der Waals surface area contributed by atoms with Crippen LogP contribution in [0.25, 0.3) is 0 Å². The SMILES string of the molecule is CC(=O)c1ccc(C(C)c2cccc(O)c2)cc1. The second-order valence-corrected chi connectivity index (χ2v) is 4.49. The van der Waals surface area contributed by atoms with Crippen LogP contribution in [0.5, 0.6) is 5.75 Å². The molecule has 1 atom stereocenters. The van der Waals surface area contributed by atoms with Crippen LogP contribution in [0, 0.1) is 0 Å². The first-order chi connectivity index (χ1) is 8.58. The maximum absolute atomic E-state index is 11.2. The summed E-state index contributed by atoms with van der Waals surface area (Å²) in [6.45, 7) is 3.64. The Bertz CT molecular complexity index is 556. The fraction of sp³-hybridized carbons (Fsp3) is 0.188. The van der Waals surface area contributed by atoms with Gasteiger partial charge in [-0.1, -0.05) is 43.3 Å². The molecular weight excluding hydrogens is 224 g/mol. The molecule has 0 spiro atoms. The molecule has 0 aromatic heterocycles. The number of carbonyl (C=O) groups excluding carboxylic acids is 1. The fourth-order valence-corrected chi connectivity index (χ4v) is 1.99. The summed E-state index contributed by atoms with van der Waals surface area (Å²) in [5.41, 5.74) is 2.91. The van der Waals surface area contributed by atoms with Crippen molar-refractivity contribution < 1.29 is 9.90 Å². The number of hydrogen-bond acceptors (Lipinski definition) is 2. The highest BCUT2D eigenvalue weighted by molar-refractivity contribution is 5.94. The number of rotatable bonds is 3. The number of ketones is 1. The number of carbonyl (C=O) groups is 1. The van der Waals surface area contributed by atoms with Gasteiger partial charge in [-0.15, -0.1) is 0 Å². The van der Waals surface area contributed by atoms with Gasteiger partial charge in [0.2, 0.25) is 0 Å². The number of phenolic OH excluding ortho intramolecular Hbond substituents is 1. The van der Waals surface area contributed by atoms with Crippen molar-refractivity contribution in [3.8, 4) is 5.75 Å². The van der Waals surface area contributed by atoms with Gasteiger partial charge in [0.05, 0.1) is 0 Å². The maximum atomic E-state index is 11.2. The summed E-state index contributed by atoms with van der Waals surface area (Å²) in [4.78, 5) is 11.2. The molecule has 2 aromatic rings. The van der Waals surface area contributed by atoms with E-state index in [1.165, 1.54) is 0 Å². The van der Waals surface area contributed by atoms with Gasteiger partial charge >= 0.3 is 0 Å². The van der Waals surface area contributed by atoms with Crippen LogP contribution in [-0.2, 0) is 0 Å². The van der Waals surface area contributed by atoms with Crippen molar-refractivity contribution in [1.29, 1.82) is 0 Å². The molecule has 0 heterocycles. The van der Waals surface area contributed by atoms with E-state index in [1.54, 1.807) is 19.1 Å². The highest BCUT2D eigenvalue weighted by atomic mass is 16.3. The number of phenols is 1. The average Bonchev–Trinajstić information content (AvgIpc) is 2.38. The van der Waals surface area contributed by atoms with Gasteiger partial charge in [-0.25, -0.2) is 0 Å². The summed E-state index contributed by atoms with van der Waals surface area (Å²) >= 11 is 0.